The van der Waals surface area contributed by atoms with Gasteiger partial charge in [0.2, 0.25) is 11.8 Å². The van der Waals surface area contributed by atoms with Crippen LogP contribution < -0.4 is 10.6 Å². The summed E-state index contributed by atoms with van der Waals surface area (Å²) in [5.41, 5.74) is 1.57. The Morgan fingerprint density at radius 3 is 2.47 bits per heavy atom. The van der Waals surface area contributed by atoms with Crippen LogP contribution in [-0.4, -0.2) is 31.8 Å². The van der Waals surface area contributed by atoms with E-state index in [-0.39, 0.29) is 16.9 Å². The molecule has 0 spiro atoms. The smallest absolute Gasteiger partial charge is 0.306 e. The maximum Gasteiger partial charge on any atom is 0.427 e. The summed E-state index contributed by atoms with van der Waals surface area (Å²) < 4.78 is 38.1. The van der Waals surface area contributed by atoms with Crippen LogP contribution in [0.5, 0.6) is 0 Å². The van der Waals surface area contributed by atoms with Gasteiger partial charge in [0.15, 0.2) is 10.9 Å². The number of halogens is 3. The van der Waals surface area contributed by atoms with Crippen molar-refractivity contribution in [3.05, 3.63) is 59.6 Å². The second kappa shape index (κ2) is 9.64. The van der Waals surface area contributed by atoms with E-state index in [2.05, 4.69) is 30.6 Å². The molecule has 2 N–H and O–H groups in total. The van der Waals surface area contributed by atoms with Gasteiger partial charge >= 0.3 is 6.18 Å². The zero-order chi connectivity index (χ0) is 23.3. The highest BCUT2D eigenvalue weighted by molar-refractivity contribution is 7.15. The number of hydrogen-bond donors (Lipinski definition) is 2. The molecule has 0 fully saturated rings. The van der Waals surface area contributed by atoms with Crippen LogP contribution in [-0.2, 0) is 15.8 Å². The molecule has 3 aromatic heterocycles. The maximum atomic E-state index is 12.7. The number of pyridine rings is 1. The molecule has 166 valence electrons. The Bertz CT molecular complexity index is 1140. The number of nitrogens with one attached hydrogen (secondary N) is 2. The van der Waals surface area contributed by atoms with E-state index in [1.165, 1.54) is 30.9 Å². The summed E-state index contributed by atoms with van der Waals surface area (Å²) in [6.45, 7) is 3.31. The van der Waals surface area contributed by atoms with E-state index in [0.717, 1.165) is 0 Å². The van der Waals surface area contributed by atoms with E-state index < -0.39 is 22.9 Å². The van der Waals surface area contributed by atoms with Crippen LogP contribution >= 0.6 is 11.3 Å². The molecule has 0 aliphatic heterocycles. The first-order valence-corrected chi connectivity index (χ1v) is 10.0. The standard InChI is InChI=1S/C20H17F3N6O2S/c1-3-4-17(30)28-16-10-25-14(8-26-16)13-5-12(6-24-7-13)11(2)18(31)29-19-27-9-15(32-19)20(21,22)23/h3-11H,1-2H3,(H,26,28,30)(H,27,29,31)/b4-3+. The van der Waals surface area contributed by atoms with E-state index in [0.29, 0.717) is 34.4 Å². The van der Waals surface area contributed by atoms with Gasteiger partial charge in [-0.05, 0) is 31.6 Å². The highest BCUT2D eigenvalue weighted by Crippen LogP contribution is 2.35. The van der Waals surface area contributed by atoms with Gasteiger partial charge in [0, 0.05) is 18.0 Å². The van der Waals surface area contributed by atoms with Gasteiger partial charge in [-0.1, -0.05) is 17.4 Å². The Morgan fingerprint density at radius 2 is 1.84 bits per heavy atom. The van der Waals surface area contributed by atoms with Crippen molar-refractivity contribution in [1.82, 2.24) is 19.9 Å². The average molecular weight is 462 g/mol. The molecule has 1 unspecified atom stereocenters. The van der Waals surface area contributed by atoms with Crippen LogP contribution in [0.1, 0.15) is 30.2 Å². The van der Waals surface area contributed by atoms with Crippen molar-refractivity contribution in [3.8, 4) is 11.3 Å². The third kappa shape index (κ3) is 5.72. The molecule has 1 atom stereocenters. The minimum atomic E-state index is -4.52. The molecule has 0 aliphatic rings. The lowest BCUT2D eigenvalue weighted by Gasteiger charge is -2.12. The number of alkyl halides is 3. The highest BCUT2D eigenvalue weighted by atomic mass is 32.1. The van der Waals surface area contributed by atoms with E-state index in [1.54, 1.807) is 26.0 Å². The summed E-state index contributed by atoms with van der Waals surface area (Å²) in [6, 6.07) is 1.68. The normalized spacial score (nSPS) is 12.5. The molecule has 0 bridgehead atoms. The third-order valence-electron chi connectivity index (χ3n) is 4.18. The van der Waals surface area contributed by atoms with Crippen molar-refractivity contribution < 1.29 is 22.8 Å². The van der Waals surface area contributed by atoms with Crippen molar-refractivity contribution in [1.29, 1.82) is 0 Å². The molecule has 8 nitrogen and oxygen atoms in total. The van der Waals surface area contributed by atoms with E-state index in [4.69, 9.17) is 0 Å². The van der Waals surface area contributed by atoms with Gasteiger partial charge in [0.1, 0.15) is 4.88 Å². The van der Waals surface area contributed by atoms with Gasteiger partial charge in [-0.3, -0.25) is 19.6 Å². The number of aromatic nitrogens is 4. The van der Waals surface area contributed by atoms with Crippen molar-refractivity contribution in [3.63, 3.8) is 0 Å². The van der Waals surface area contributed by atoms with Crippen LogP contribution in [0.3, 0.4) is 0 Å². The van der Waals surface area contributed by atoms with Crippen LogP contribution in [0.4, 0.5) is 24.1 Å². The molecular formula is C20H17F3N6O2S. The number of nitrogens with zero attached hydrogens (tertiary/aromatic N) is 4. The fourth-order valence-electron chi connectivity index (χ4n) is 2.52. The number of carbonyl (C=O) groups excluding carboxylic acids is 2. The fourth-order valence-corrected chi connectivity index (χ4v) is 3.21. The molecule has 3 rings (SSSR count). The van der Waals surface area contributed by atoms with E-state index >= 15 is 0 Å². The summed E-state index contributed by atoms with van der Waals surface area (Å²) in [5, 5.41) is 4.81. The van der Waals surface area contributed by atoms with Gasteiger partial charge in [-0.15, -0.1) is 0 Å². The second-order valence-electron chi connectivity index (χ2n) is 6.52. The monoisotopic (exact) mass is 462 g/mol. The average Bonchev–Trinajstić information content (AvgIpc) is 3.23. The summed E-state index contributed by atoms with van der Waals surface area (Å²) in [7, 11) is 0. The fraction of sp³-hybridized carbons (Fsp3) is 0.200. The van der Waals surface area contributed by atoms with Crippen molar-refractivity contribution in [2.75, 3.05) is 10.6 Å². The topological polar surface area (TPSA) is 110 Å². The quantitative estimate of drug-likeness (QED) is 0.530. The van der Waals surface area contributed by atoms with Crippen LogP contribution in [0, 0.1) is 0 Å². The number of anilines is 2. The second-order valence-corrected chi connectivity index (χ2v) is 7.55. The molecule has 32 heavy (non-hydrogen) atoms. The molecule has 3 aromatic rings. The Balaban J connectivity index is 1.71. The molecule has 2 amide bonds. The summed E-state index contributed by atoms with van der Waals surface area (Å²) >= 11 is 0.353. The molecule has 12 heteroatoms. The predicted octanol–water partition coefficient (Wildman–Crippen LogP) is 4.27. The Kier molecular flexibility index (Phi) is 6.93. The van der Waals surface area contributed by atoms with E-state index in [1.807, 2.05) is 0 Å². The number of amides is 2. The molecule has 0 saturated heterocycles. The van der Waals surface area contributed by atoms with Gasteiger partial charge in [-0.2, -0.15) is 13.2 Å². The largest absolute Gasteiger partial charge is 0.427 e. The first-order valence-electron chi connectivity index (χ1n) is 9.22. The Morgan fingerprint density at radius 1 is 1.06 bits per heavy atom. The number of rotatable bonds is 6. The lowest BCUT2D eigenvalue weighted by Crippen LogP contribution is -2.19. The number of thiazole rings is 1. The lowest BCUT2D eigenvalue weighted by molar-refractivity contribution is -0.134. The van der Waals surface area contributed by atoms with Crippen LogP contribution in [0.15, 0.2) is 49.2 Å². The van der Waals surface area contributed by atoms with Crippen molar-refractivity contribution in [2.24, 2.45) is 0 Å². The van der Waals surface area contributed by atoms with Crippen LogP contribution in [0.25, 0.3) is 11.3 Å². The molecule has 0 aromatic carbocycles. The number of carbonyl (C=O) groups is 2. The first kappa shape index (κ1) is 23.0. The minimum Gasteiger partial charge on any atom is -0.306 e. The molecule has 0 saturated carbocycles. The number of allylic oxidation sites excluding steroid dienone is 1. The lowest BCUT2D eigenvalue weighted by atomic mass is 10.0. The summed E-state index contributed by atoms with van der Waals surface area (Å²) in [4.78, 5) is 39.2. The van der Waals surface area contributed by atoms with Gasteiger partial charge < -0.3 is 10.6 Å². The number of hydrogen-bond acceptors (Lipinski definition) is 7. The third-order valence-corrected chi connectivity index (χ3v) is 5.14. The summed E-state index contributed by atoms with van der Waals surface area (Å²) in [6.07, 6.45) is 4.96. The highest BCUT2D eigenvalue weighted by Gasteiger charge is 2.33. The molecule has 3 heterocycles. The predicted molar refractivity (Wildman–Crippen MR) is 113 cm³/mol. The minimum absolute atomic E-state index is 0.139. The van der Waals surface area contributed by atoms with Gasteiger partial charge in [0.05, 0.1) is 30.2 Å². The molecule has 0 radical (unpaired) electrons. The first-order chi connectivity index (χ1) is 15.2. The van der Waals surface area contributed by atoms with E-state index in [9.17, 15) is 22.8 Å². The van der Waals surface area contributed by atoms with Crippen molar-refractivity contribution in [2.45, 2.75) is 25.9 Å². The van der Waals surface area contributed by atoms with Crippen LogP contribution in [0.2, 0.25) is 0 Å². The maximum absolute atomic E-state index is 12.7. The Labute approximate surface area is 184 Å². The zero-order valence-electron chi connectivity index (χ0n) is 16.8. The van der Waals surface area contributed by atoms with Crippen molar-refractivity contribution >= 4 is 34.1 Å². The zero-order valence-corrected chi connectivity index (χ0v) is 17.7. The molecule has 0 aliphatic carbocycles. The van der Waals surface area contributed by atoms with Gasteiger partial charge in [-0.25, -0.2) is 9.97 Å². The molecular weight excluding hydrogens is 445 g/mol. The summed E-state index contributed by atoms with van der Waals surface area (Å²) in [5.74, 6) is -1.30. The Hall–Kier alpha value is -3.67. The SMILES string of the molecule is C/C=C/C(=O)Nc1cnc(-c2cncc(C(C)C(=O)Nc3ncc(C(F)(F)F)s3)c2)cn1. The van der Waals surface area contributed by atoms with Gasteiger partial charge in [0.25, 0.3) is 0 Å².